The minimum absolute atomic E-state index is 0.00326. The van der Waals surface area contributed by atoms with Gasteiger partial charge in [0.15, 0.2) is 0 Å². The first-order valence-electron chi connectivity index (χ1n) is 10.1. The molecule has 2 aromatic rings. The van der Waals surface area contributed by atoms with Gasteiger partial charge in [-0.1, -0.05) is 12.8 Å². The van der Waals surface area contributed by atoms with E-state index in [1.165, 1.54) is 4.90 Å². The summed E-state index contributed by atoms with van der Waals surface area (Å²) in [7, 11) is 1.62. The Morgan fingerprint density at radius 3 is 2.37 bits per heavy atom. The van der Waals surface area contributed by atoms with Crippen molar-refractivity contribution in [2.24, 2.45) is 0 Å². The van der Waals surface area contributed by atoms with Gasteiger partial charge < -0.3 is 9.30 Å². The molecule has 4 amide bonds. The van der Waals surface area contributed by atoms with Crippen molar-refractivity contribution in [1.29, 1.82) is 0 Å². The summed E-state index contributed by atoms with van der Waals surface area (Å²) in [5.41, 5.74) is 3.59. The molecule has 1 N–H and O–H groups in total. The summed E-state index contributed by atoms with van der Waals surface area (Å²) in [6.07, 6.45) is 5.13. The van der Waals surface area contributed by atoms with Gasteiger partial charge in [-0.2, -0.15) is 0 Å². The van der Waals surface area contributed by atoms with Crippen molar-refractivity contribution in [3.63, 3.8) is 0 Å². The van der Waals surface area contributed by atoms with E-state index in [4.69, 9.17) is 4.74 Å². The van der Waals surface area contributed by atoms with Crippen LogP contribution < -0.4 is 10.1 Å². The first kappa shape index (κ1) is 19.9. The van der Waals surface area contributed by atoms with Gasteiger partial charge >= 0.3 is 6.03 Å². The van der Waals surface area contributed by atoms with Gasteiger partial charge in [-0.15, -0.1) is 0 Å². The van der Waals surface area contributed by atoms with Crippen LogP contribution in [0.2, 0.25) is 0 Å². The number of barbiturate groups is 1. The number of urea groups is 1. The van der Waals surface area contributed by atoms with Gasteiger partial charge in [0.05, 0.1) is 7.11 Å². The minimum atomic E-state index is -0.645. The third-order valence-corrected chi connectivity index (χ3v) is 5.92. The van der Waals surface area contributed by atoms with Gasteiger partial charge in [0.25, 0.3) is 11.8 Å². The molecule has 1 aliphatic heterocycles. The van der Waals surface area contributed by atoms with Gasteiger partial charge in [0.2, 0.25) is 0 Å². The van der Waals surface area contributed by atoms with E-state index in [1.54, 1.807) is 13.2 Å². The zero-order chi connectivity index (χ0) is 21.4. The Balaban J connectivity index is 1.70. The number of hydrogen-bond acceptors (Lipinski definition) is 4. The number of carbonyl (C=O) groups is 3. The SMILES string of the molecule is COc1ccc(-n2c(C)cc(/C=C3/C(=O)NC(=O)N(C4CCCC4)C3=O)c2C)cc1. The average Bonchev–Trinajstić information content (AvgIpc) is 3.33. The highest BCUT2D eigenvalue weighted by atomic mass is 16.5. The normalized spacial score (nSPS) is 19.0. The maximum absolute atomic E-state index is 13.0. The second-order valence-electron chi connectivity index (χ2n) is 7.79. The molecule has 30 heavy (non-hydrogen) atoms. The topological polar surface area (TPSA) is 80.6 Å². The Kier molecular flexibility index (Phi) is 5.20. The summed E-state index contributed by atoms with van der Waals surface area (Å²) in [5.74, 6) is -0.386. The molecule has 4 rings (SSSR count). The van der Waals surface area contributed by atoms with E-state index in [1.807, 2.05) is 44.2 Å². The van der Waals surface area contributed by atoms with Crippen LogP contribution in [0.15, 0.2) is 35.9 Å². The second kappa shape index (κ2) is 7.82. The van der Waals surface area contributed by atoms with Crippen LogP contribution >= 0.6 is 0 Å². The number of nitrogens with zero attached hydrogens (tertiary/aromatic N) is 2. The lowest BCUT2D eigenvalue weighted by Crippen LogP contribution is -2.57. The fraction of sp³-hybridized carbons (Fsp3) is 0.348. The summed E-state index contributed by atoms with van der Waals surface area (Å²) >= 11 is 0. The Morgan fingerprint density at radius 2 is 1.73 bits per heavy atom. The summed E-state index contributed by atoms with van der Waals surface area (Å²) in [4.78, 5) is 39.0. The maximum atomic E-state index is 13.0. The van der Waals surface area contributed by atoms with Crippen LogP contribution in [0.3, 0.4) is 0 Å². The molecule has 0 atom stereocenters. The second-order valence-corrected chi connectivity index (χ2v) is 7.79. The molecule has 1 aromatic heterocycles. The van der Waals surface area contributed by atoms with Crippen molar-refractivity contribution in [1.82, 2.24) is 14.8 Å². The van der Waals surface area contributed by atoms with Crippen LogP contribution in [0.4, 0.5) is 4.79 Å². The van der Waals surface area contributed by atoms with E-state index in [2.05, 4.69) is 9.88 Å². The molecular weight excluding hydrogens is 382 g/mol. The van der Waals surface area contributed by atoms with Gasteiger partial charge in [-0.25, -0.2) is 4.79 Å². The summed E-state index contributed by atoms with van der Waals surface area (Å²) in [6.45, 7) is 3.91. The zero-order valence-electron chi connectivity index (χ0n) is 17.4. The number of carbonyl (C=O) groups excluding carboxylic acids is 3. The molecule has 2 aliphatic rings. The fourth-order valence-electron chi connectivity index (χ4n) is 4.38. The molecule has 1 aliphatic carbocycles. The smallest absolute Gasteiger partial charge is 0.331 e. The maximum Gasteiger partial charge on any atom is 0.331 e. The Morgan fingerprint density at radius 1 is 1.07 bits per heavy atom. The number of aryl methyl sites for hydroxylation is 1. The molecule has 156 valence electrons. The lowest BCUT2D eigenvalue weighted by Gasteiger charge is -2.31. The van der Waals surface area contributed by atoms with Gasteiger partial charge in [-0.05, 0) is 68.7 Å². The average molecular weight is 407 g/mol. The molecule has 1 saturated carbocycles. The molecule has 1 aromatic carbocycles. The Hall–Kier alpha value is -3.35. The number of benzene rings is 1. The van der Waals surface area contributed by atoms with E-state index < -0.39 is 17.8 Å². The summed E-state index contributed by atoms with van der Waals surface area (Å²) in [5, 5.41) is 2.33. The van der Waals surface area contributed by atoms with Crippen molar-refractivity contribution in [3.05, 3.63) is 52.9 Å². The van der Waals surface area contributed by atoms with Crippen LogP contribution in [0.1, 0.15) is 42.6 Å². The first-order chi connectivity index (χ1) is 14.4. The molecule has 1 saturated heterocycles. The summed E-state index contributed by atoms with van der Waals surface area (Å²) < 4.78 is 7.28. The molecule has 7 heteroatoms. The van der Waals surface area contributed by atoms with Crippen LogP contribution in [-0.2, 0) is 9.59 Å². The first-order valence-corrected chi connectivity index (χ1v) is 10.1. The number of hydrogen-bond donors (Lipinski definition) is 1. The van der Waals surface area contributed by atoms with Gasteiger partial charge in [0, 0.05) is 23.1 Å². The highest BCUT2D eigenvalue weighted by molar-refractivity contribution is 6.31. The standard InChI is InChI=1S/C23H25N3O4/c1-14-12-16(15(2)25(14)18-8-10-19(30-3)11-9-18)13-20-21(27)24-23(29)26(22(20)28)17-6-4-5-7-17/h8-13,17H,4-7H2,1-3H3,(H,24,27,29)/b20-13-. The highest BCUT2D eigenvalue weighted by Crippen LogP contribution is 2.29. The lowest BCUT2D eigenvalue weighted by atomic mass is 10.1. The van der Waals surface area contributed by atoms with Crippen molar-refractivity contribution >= 4 is 23.9 Å². The van der Waals surface area contributed by atoms with Crippen LogP contribution in [0.25, 0.3) is 11.8 Å². The quantitative estimate of drug-likeness (QED) is 0.621. The van der Waals surface area contributed by atoms with Crippen LogP contribution in [0, 0.1) is 13.8 Å². The molecule has 2 heterocycles. The van der Waals surface area contributed by atoms with E-state index in [0.717, 1.165) is 54.1 Å². The number of nitrogens with one attached hydrogen (secondary N) is 1. The van der Waals surface area contributed by atoms with E-state index in [-0.39, 0.29) is 11.6 Å². The number of imide groups is 2. The molecule has 0 radical (unpaired) electrons. The third-order valence-electron chi connectivity index (χ3n) is 5.92. The number of rotatable bonds is 4. The third kappa shape index (κ3) is 3.40. The van der Waals surface area contributed by atoms with Crippen molar-refractivity contribution in [2.75, 3.05) is 7.11 Å². The Bertz CT molecular complexity index is 1040. The fourth-order valence-corrected chi connectivity index (χ4v) is 4.38. The van der Waals surface area contributed by atoms with Crippen LogP contribution in [0.5, 0.6) is 5.75 Å². The molecule has 7 nitrogen and oxygen atoms in total. The molecule has 0 unspecified atom stereocenters. The van der Waals surface area contributed by atoms with Crippen LogP contribution in [-0.4, -0.2) is 40.5 Å². The lowest BCUT2D eigenvalue weighted by molar-refractivity contribution is -0.131. The molecule has 0 bridgehead atoms. The van der Waals surface area contributed by atoms with Crippen molar-refractivity contribution in [3.8, 4) is 11.4 Å². The van der Waals surface area contributed by atoms with E-state index in [9.17, 15) is 14.4 Å². The summed E-state index contributed by atoms with van der Waals surface area (Å²) in [6, 6.07) is 8.86. The predicted octanol–water partition coefficient (Wildman–Crippen LogP) is 3.51. The van der Waals surface area contributed by atoms with Gasteiger partial charge in [0.1, 0.15) is 11.3 Å². The number of amides is 4. The predicted molar refractivity (Wildman–Crippen MR) is 112 cm³/mol. The van der Waals surface area contributed by atoms with E-state index >= 15 is 0 Å². The van der Waals surface area contributed by atoms with Crippen molar-refractivity contribution < 1.29 is 19.1 Å². The molecule has 0 spiro atoms. The minimum Gasteiger partial charge on any atom is -0.497 e. The molecule has 2 fully saturated rings. The zero-order valence-corrected chi connectivity index (χ0v) is 17.4. The largest absolute Gasteiger partial charge is 0.497 e. The van der Waals surface area contributed by atoms with Crippen molar-refractivity contribution in [2.45, 2.75) is 45.6 Å². The Labute approximate surface area is 175 Å². The molecular formula is C23H25N3O4. The van der Waals surface area contributed by atoms with Gasteiger partial charge in [-0.3, -0.25) is 19.8 Å². The monoisotopic (exact) mass is 407 g/mol. The number of aromatic nitrogens is 1. The van der Waals surface area contributed by atoms with E-state index in [0.29, 0.717) is 0 Å². The number of methoxy groups -OCH3 is 1. The number of ether oxygens (including phenoxy) is 1. The highest BCUT2D eigenvalue weighted by Gasteiger charge is 2.40.